The second kappa shape index (κ2) is 6.74. The third kappa shape index (κ3) is 3.72. The van der Waals surface area contributed by atoms with E-state index in [1.54, 1.807) is 12.3 Å². The zero-order chi connectivity index (χ0) is 15.2. The van der Waals surface area contributed by atoms with Crippen LogP contribution in [0.4, 0.5) is 0 Å². The molecule has 1 aromatic carbocycles. The van der Waals surface area contributed by atoms with Gasteiger partial charge in [0, 0.05) is 11.8 Å². The molecule has 0 atom stereocenters. The first-order valence-electron chi connectivity index (χ1n) is 6.76. The lowest BCUT2D eigenvalue weighted by Gasteiger charge is -2.11. The molecule has 0 spiro atoms. The van der Waals surface area contributed by atoms with E-state index in [1.807, 2.05) is 24.3 Å². The second-order valence-electron chi connectivity index (χ2n) is 5.01. The summed E-state index contributed by atoms with van der Waals surface area (Å²) in [5, 5.41) is 11.8. The van der Waals surface area contributed by atoms with Crippen LogP contribution in [0.3, 0.4) is 0 Å². The van der Waals surface area contributed by atoms with Gasteiger partial charge in [-0.2, -0.15) is 0 Å². The van der Waals surface area contributed by atoms with Crippen molar-refractivity contribution in [2.45, 2.75) is 26.4 Å². The Balaban J connectivity index is 2.15. The summed E-state index contributed by atoms with van der Waals surface area (Å²) < 4.78 is 5.79. The van der Waals surface area contributed by atoms with Crippen LogP contribution in [0.5, 0.6) is 5.75 Å². The first kappa shape index (κ1) is 14.8. The van der Waals surface area contributed by atoms with Crippen LogP contribution >= 0.6 is 0 Å². The number of amidine groups is 1. The Labute approximate surface area is 124 Å². The Hall–Kier alpha value is -2.56. The minimum absolute atomic E-state index is 0.0230. The van der Waals surface area contributed by atoms with E-state index in [1.165, 1.54) is 5.56 Å². The largest absolute Gasteiger partial charge is 0.489 e. The minimum atomic E-state index is -0.0230. The summed E-state index contributed by atoms with van der Waals surface area (Å²) in [6.45, 7) is 4.58. The lowest BCUT2D eigenvalue weighted by Crippen LogP contribution is -2.18. The molecule has 5 nitrogen and oxygen atoms in total. The van der Waals surface area contributed by atoms with E-state index < -0.39 is 0 Å². The maximum absolute atomic E-state index is 8.78. The Morgan fingerprint density at radius 2 is 2.14 bits per heavy atom. The summed E-state index contributed by atoms with van der Waals surface area (Å²) in [5.74, 6) is 1.21. The molecule has 0 aliphatic carbocycles. The molecule has 0 saturated heterocycles. The quantitative estimate of drug-likeness (QED) is 0.383. The predicted octanol–water partition coefficient (Wildman–Crippen LogP) is 2.88. The second-order valence-corrected chi connectivity index (χ2v) is 5.01. The number of oxime groups is 1. The summed E-state index contributed by atoms with van der Waals surface area (Å²) in [6, 6.07) is 11.6. The number of nitrogens with zero attached hydrogens (tertiary/aromatic N) is 2. The van der Waals surface area contributed by atoms with Gasteiger partial charge >= 0.3 is 0 Å². The highest BCUT2D eigenvalue weighted by atomic mass is 16.5. The molecule has 1 aromatic heterocycles. The minimum Gasteiger partial charge on any atom is -0.489 e. The van der Waals surface area contributed by atoms with E-state index in [-0.39, 0.29) is 5.84 Å². The van der Waals surface area contributed by atoms with Crippen LogP contribution in [0, 0.1) is 0 Å². The molecule has 0 aliphatic heterocycles. The molecule has 0 radical (unpaired) electrons. The van der Waals surface area contributed by atoms with Crippen LogP contribution in [0.2, 0.25) is 0 Å². The summed E-state index contributed by atoms with van der Waals surface area (Å²) in [7, 11) is 0. The number of aromatic nitrogens is 1. The van der Waals surface area contributed by atoms with Crippen LogP contribution in [0.15, 0.2) is 47.8 Å². The summed E-state index contributed by atoms with van der Waals surface area (Å²) in [6.07, 6.45) is 1.59. The molecule has 3 N–H and O–H groups in total. The Kier molecular flexibility index (Phi) is 4.77. The number of hydrogen-bond donors (Lipinski definition) is 2. The average Bonchev–Trinajstić information content (AvgIpc) is 2.52. The molecule has 5 heteroatoms. The van der Waals surface area contributed by atoms with Gasteiger partial charge < -0.3 is 15.7 Å². The van der Waals surface area contributed by atoms with Crippen LogP contribution in [0.1, 0.15) is 36.6 Å². The maximum atomic E-state index is 8.78. The highest BCUT2D eigenvalue weighted by Crippen LogP contribution is 2.21. The predicted molar refractivity (Wildman–Crippen MR) is 81.6 cm³/mol. The van der Waals surface area contributed by atoms with Crippen LogP contribution in [-0.2, 0) is 6.61 Å². The molecule has 21 heavy (non-hydrogen) atoms. The molecular weight excluding hydrogens is 266 g/mol. The van der Waals surface area contributed by atoms with Gasteiger partial charge in [0.2, 0.25) is 0 Å². The normalized spacial score (nSPS) is 11.7. The fraction of sp³-hybridized carbons (Fsp3) is 0.250. The van der Waals surface area contributed by atoms with Crippen molar-refractivity contribution in [2.24, 2.45) is 10.9 Å². The van der Waals surface area contributed by atoms with Gasteiger partial charge in [-0.1, -0.05) is 37.2 Å². The number of hydrogen-bond acceptors (Lipinski definition) is 4. The fourth-order valence-electron chi connectivity index (χ4n) is 1.96. The van der Waals surface area contributed by atoms with Crippen LogP contribution < -0.4 is 10.5 Å². The summed E-state index contributed by atoms with van der Waals surface area (Å²) in [4.78, 5) is 4.11. The number of pyridine rings is 1. The Morgan fingerprint density at radius 3 is 2.86 bits per heavy atom. The molecule has 110 valence electrons. The molecule has 2 rings (SSSR count). The van der Waals surface area contributed by atoms with E-state index in [0.717, 1.165) is 11.3 Å². The topological polar surface area (TPSA) is 80.7 Å². The average molecular weight is 285 g/mol. The SMILES string of the molecule is CC(C)c1cccc(OCc2cccnc2C(N)=NO)c1. The fourth-order valence-corrected chi connectivity index (χ4v) is 1.96. The molecule has 1 heterocycles. The van der Waals surface area contributed by atoms with Gasteiger partial charge in [0.1, 0.15) is 18.1 Å². The number of benzene rings is 1. The first-order valence-corrected chi connectivity index (χ1v) is 6.76. The third-order valence-electron chi connectivity index (χ3n) is 3.16. The monoisotopic (exact) mass is 285 g/mol. The highest BCUT2D eigenvalue weighted by Gasteiger charge is 2.09. The standard InChI is InChI=1S/C16H19N3O2/c1-11(2)12-5-3-7-14(9-12)21-10-13-6-4-8-18-15(13)16(17)19-20/h3-9,11,20H,10H2,1-2H3,(H2,17,19). The zero-order valence-electron chi connectivity index (χ0n) is 12.2. The molecule has 0 amide bonds. The first-order chi connectivity index (χ1) is 10.1. The van der Waals surface area contributed by atoms with Crippen molar-refractivity contribution < 1.29 is 9.94 Å². The Morgan fingerprint density at radius 1 is 1.33 bits per heavy atom. The van der Waals surface area contributed by atoms with Gasteiger partial charge in [0.25, 0.3) is 0 Å². The van der Waals surface area contributed by atoms with Crippen LogP contribution in [0.25, 0.3) is 0 Å². The van der Waals surface area contributed by atoms with E-state index in [0.29, 0.717) is 18.2 Å². The van der Waals surface area contributed by atoms with Crippen molar-refractivity contribution in [1.29, 1.82) is 0 Å². The Bertz CT molecular complexity index is 639. The summed E-state index contributed by atoms with van der Waals surface area (Å²) in [5.41, 5.74) is 8.02. The van der Waals surface area contributed by atoms with Gasteiger partial charge in [-0.25, -0.2) is 0 Å². The third-order valence-corrected chi connectivity index (χ3v) is 3.16. The molecule has 0 saturated carbocycles. The molecular formula is C16H19N3O2. The highest BCUT2D eigenvalue weighted by molar-refractivity contribution is 5.96. The number of ether oxygens (including phenoxy) is 1. The van der Waals surface area contributed by atoms with Gasteiger partial charge in [0.05, 0.1) is 0 Å². The van der Waals surface area contributed by atoms with Crippen molar-refractivity contribution in [3.05, 3.63) is 59.4 Å². The van der Waals surface area contributed by atoms with Gasteiger partial charge in [0.15, 0.2) is 5.84 Å². The molecule has 0 aliphatic rings. The van der Waals surface area contributed by atoms with E-state index >= 15 is 0 Å². The van der Waals surface area contributed by atoms with E-state index in [2.05, 4.69) is 30.1 Å². The number of rotatable bonds is 5. The van der Waals surface area contributed by atoms with Gasteiger partial charge in [-0.05, 0) is 29.7 Å². The lowest BCUT2D eigenvalue weighted by atomic mass is 10.0. The lowest BCUT2D eigenvalue weighted by molar-refractivity contribution is 0.304. The van der Waals surface area contributed by atoms with Crippen molar-refractivity contribution in [2.75, 3.05) is 0 Å². The molecule has 0 unspecified atom stereocenters. The maximum Gasteiger partial charge on any atom is 0.189 e. The molecule has 0 fully saturated rings. The van der Waals surface area contributed by atoms with Crippen molar-refractivity contribution in [3.8, 4) is 5.75 Å². The summed E-state index contributed by atoms with van der Waals surface area (Å²) >= 11 is 0. The van der Waals surface area contributed by atoms with Gasteiger partial charge in [-0.15, -0.1) is 0 Å². The van der Waals surface area contributed by atoms with Crippen molar-refractivity contribution >= 4 is 5.84 Å². The van der Waals surface area contributed by atoms with Crippen molar-refractivity contribution in [3.63, 3.8) is 0 Å². The smallest absolute Gasteiger partial charge is 0.189 e. The van der Waals surface area contributed by atoms with Crippen LogP contribution in [-0.4, -0.2) is 16.0 Å². The van der Waals surface area contributed by atoms with Crippen molar-refractivity contribution in [1.82, 2.24) is 4.98 Å². The van der Waals surface area contributed by atoms with Gasteiger partial charge in [-0.3, -0.25) is 4.98 Å². The number of nitrogens with two attached hydrogens (primary N) is 1. The zero-order valence-corrected chi connectivity index (χ0v) is 12.2. The molecule has 0 bridgehead atoms. The van der Waals surface area contributed by atoms with E-state index in [9.17, 15) is 0 Å². The molecule has 2 aromatic rings. The van der Waals surface area contributed by atoms with E-state index in [4.69, 9.17) is 15.7 Å².